The van der Waals surface area contributed by atoms with Gasteiger partial charge in [0.25, 0.3) is 0 Å². The van der Waals surface area contributed by atoms with Crippen molar-refractivity contribution in [3.05, 3.63) is 61.2 Å². The van der Waals surface area contributed by atoms with Gasteiger partial charge < -0.3 is 44.7 Å². The zero-order chi connectivity index (χ0) is 12.2. The van der Waals surface area contributed by atoms with Crippen LogP contribution >= 0.6 is 0 Å². The second-order valence-corrected chi connectivity index (χ2v) is 3.73. The summed E-state index contributed by atoms with van der Waals surface area (Å²) in [7, 11) is 0. The van der Waals surface area contributed by atoms with Crippen LogP contribution < -0.4 is 24.8 Å². The Balaban J connectivity index is 0.000000333. The molecule has 2 N–H and O–H groups in total. The Kier molecular flexibility index (Phi) is 9.18. The fourth-order valence-electron chi connectivity index (χ4n) is 1.65. The van der Waals surface area contributed by atoms with E-state index in [1.165, 1.54) is 0 Å². The van der Waals surface area contributed by atoms with Gasteiger partial charge >= 0.3 is 26.2 Å². The number of halogens is 2. The average Bonchev–Trinajstić information content (AvgIpc) is 3.08. The van der Waals surface area contributed by atoms with Crippen molar-refractivity contribution in [2.45, 2.75) is 0 Å². The molecule has 7 heteroatoms. The van der Waals surface area contributed by atoms with Crippen molar-refractivity contribution in [3.8, 4) is 0 Å². The third-order valence-corrected chi connectivity index (χ3v) is 2.54. The van der Waals surface area contributed by atoms with Crippen LogP contribution in [0.3, 0.4) is 0 Å². The Morgan fingerprint density at radius 3 is 1.43 bits per heavy atom. The molecule has 0 saturated carbocycles. The molecular weight excluding hydrogens is 386 g/mol. The summed E-state index contributed by atoms with van der Waals surface area (Å²) in [6.45, 7) is 0. The SMILES string of the molecule is [Cl-].[Cl-].[Zr+4].[c-]1nc2ccccc2[nH]1.[c-]1nc2ccccc2[nH]1. The zero-order valence-corrected chi connectivity index (χ0v) is 14.7. The van der Waals surface area contributed by atoms with Crippen LogP contribution in [-0.2, 0) is 26.2 Å². The predicted octanol–water partition coefficient (Wildman–Crippen LogP) is -3.27. The molecule has 104 valence electrons. The summed E-state index contributed by atoms with van der Waals surface area (Å²) in [5, 5.41) is 0. The maximum absolute atomic E-state index is 3.94. The number of rotatable bonds is 0. The van der Waals surface area contributed by atoms with E-state index in [1.807, 2.05) is 48.5 Å². The van der Waals surface area contributed by atoms with Crippen molar-refractivity contribution >= 4 is 22.1 Å². The Morgan fingerprint density at radius 2 is 1.05 bits per heavy atom. The second kappa shape index (κ2) is 9.72. The van der Waals surface area contributed by atoms with Crippen molar-refractivity contribution in [2.24, 2.45) is 0 Å². The summed E-state index contributed by atoms with van der Waals surface area (Å²) in [5.74, 6) is 0. The third-order valence-electron chi connectivity index (χ3n) is 2.54. The van der Waals surface area contributed by atoms with Gasteiger partial charge in [0.1, 0.15) is 0 Å². The van der Waals surface area contributed by atoms with Gasteiger partial charge in [-0.15, -0.1) is 24.3 Å². The zero-order valence-electron chi connectivity index (χ0n) is 10.8. The molecule has 21 heavy (non-hydrogen) atoms. The topological polar surface area (TPSA) is 57.4 Å². The monoisotopic (exact) mass is 394 g/mol. The molecule has 0 aliphatic carbocycles. The molecule has 4 rings (SSSR count). The Morgan fingerprint density at radius 1 is 0.667 bits per heavy atom. The number of fused-ring (bicyclic) bond motifs is 2. The largest absolute Gasteiger partial charge is 4.00 e. The van der Waals surface area contributed by atoms with E-state index >= 15 is 0 Å². The van der Waals surface area contributed by atoms with E-state index in [4.69, 9.17) is 0 Å². The van der Waals surface area contributed by atoms with Crippen LogP contribution in [0.1, 0.15) is 0 Å². The van der Waals surface area contributed by atoms with E-state index in [9.17, 15) is 0 Å². The van der Waals surface area contributed by atoms with Gasteiger partial charge in [0, 0.05) is 0 Å². The van der Waals surface area contributed by atoms with Crippen LogP contribution in [0.15, 0.2) is 48.5 Å². The summed E-state index contributed by atoms with van der Waals surface area (Å²) in [6, 6.07) is 15.7. The number of aromatic nitrogens is 4. The number of nitrogens with one attached hydrogen (secondary N) is 2. The summed E-state index contributed by atoms with van der Waals surface area (Å²) < 4.78 is 0. The summed E-state index contributed by atoms with van der Waals surface area (Å²) in [4.78, 5) is 13.6. The summed E-state index contributed by atoms with van der Waals surface area (Å²) >= 11 is 0. The molecule has 0 bridgehead atoms. The molecule has 0 saturated heterocycles. The number of hydrogen-bond acceptors (Lipinski definition) is 2. The molecule has 2 aromatic heterocycles. The van der Waals surface area contributed by atoms with Gasteiger partial charge in [-0.25, -0.2) is 0 Å². The maximum atomic E-state index is 3.94. The standard InChI is InChI=1S/2C7H5N2.2ClH.Zr/c2*1-2-4-7-6(3-1)8-5-9-7;;;/h2*1-4H,(H,8,9);2*1H;/q2*-1;;;+4/p-2. The third kappa shape index (κ3) is 4.96. The quantitative estimate of drug-likeness (QED) is 0.307. The van der Waals surface area contributed by atoms with Gasteiger partial charge in [-0.1, -0.05) is 46.3 Å². The van der Waals surface area contributed by atoms with Crippen LogP contribution in [0.4, 0.5) is 0 Å². The molecule has 0 unspecified atom stereocenters. The molecule has 4 nitrogen and oxygen atoms in total. The molecule has 0 radical (unpaired) electrons. The van der Waals surface area contributed by atoms with Gasteiger partial charge in [-0.2, -0.15) is 0 Å². The average molecular weight is 396 g/mol. The Bertz CT molecular complexity index is 643. The van der Waals surface area contributed by atoms with E-state index in [1.54, 1.807) is 0 Å². The van der Waals surface area contributed by atoms with E-state index in [-0.39, 0.29) is 51.0 Å². The fourth-order valence-corrected chi connectivity index (χ4v) is 1.65. The van der Waals surface area contributed by atoms with E-state index in [0.717, 1.165) is 22.1 Å². The molecular formula is C14H10Cl2N4Zr. The molecule has 0 aliphatic rings. The molecule has 2 heterocycles. The summed E-state index contributed by atoms with van der Waals surface area (Å²) in [6.07, 6.45) is 5.33. The first kappa shape index (κ1) is 19.8. The molecule has 0 fully saturated rings. The minimum atomic E-state index is 0. The second-order valence-electron chi connectivity index (χ2n) is 3.73. The molecule has 4 aromatic rings. The normalized spacial score (nSPS) is 8.76. The van der Waals surface area contributed by atoms with Crippen LogP contribution in [0.5, 0.6) is 0 Å². The number of aromatic amines is 2. The van der Waals surface area contributed by atoms with Gasteiger partial charge in [0.2, 0.25) is 0 Å². The number of hydrogen-bond donors (Lipinski definition) is 2. The van der Waals surface area contributed by atoms with Gasteiger partial charge in [0.05, 0.1) is 0 Å². The van der Waals surface area contributed by atoms with E-state index in [0.29, 0.717) is 0 Å². The van der Waals surface area contributed by atoms with Crippen molar-refractivity contribution < 1.29 is 51.0 Å². The first-order valence-electron chi connectivity index (χ1n) is 5.55. The number of H-pyrrole nitrogens is 2. The Hall–Kier alpha value is -1.16. The molecule has 2 aromatic carbocycles. The van der Waals surface area contributed by atoms with Gasteiger partial charge in [-0.05, 0) is 12.7 Å². The number of para-hydroxylation sites is 4. The number of nitrogens with zero attached hydrogens (tertiary/aromatic N) is 2. The molecule has 0 spiro atoms. The fraction of sp³-hybridized carbons (Fsp3) is 0. The molecule has 0 amide bonds. The van der Waals surface area contributed by atoms with Gasteiger partial charge in [0.15, 0.2) is 0 Å². The van der Waals surface area contributed by atoms with Crippen molar-refractivity contribution in [1.82, 2.24) is 19.9 Å². The van der Waals surface area contributed by atoms with E-state index < -0.39 is 0 Å². The smallest absolute Gasteiger partial charge is 1.00 e. The van der Waals surface area contributed by atoms with Crippen LogP contribution in [-0.4, -0.2) is 19.9 Å². The number of imidazole rings is 2. The van der Waals surface area contributed by atoms with Gasteiger partial charge in [-0.3, -0.25) is 0 Å². The van der Waals surface area contributed by atoms with Crippen molar-refractivity contribution in [1.29, 1.82) is 0 Å². The van der Waals surface area contributed by atoms with Crippen LogP contribution in [0.25, 0.3) is 22.1 Å². The first-order valence-corrected chi connectivity index (χ1v) is 5.55. The van der Waals surface area contributed by atoms with E-state index in [2.05, 4.69) is 32.6 Å². The predicted molar refractivity (Wildman–Crippen MR) is 69.9 cm³/mol. The molecule has 0 atom stereocenters. The van der Waals surface area contributed by atoms with Crippen LogP contribution in [0, 0.1) is 12.7 Å². The first-order chi connectivity index (χ1) is 8.93. The van der Waals surface area contributed by atoms with Crippen molar-refractivity contribution in [2.75, 3.05) is 0 Å². The summed E-state index contributed by atoms with van der Waals surface area (Å²) in [5.41, 5.74) is 4.02. The van der Waals surface area contributed by atoms with Crippen LogP contribution in [0.2, 0.25) is 0 Å². The maximum Gasteiger partial charge on any atom is 4.00 e. The Labute approximate surface area is 153 Å². The molecule has 0 aliphatic heterocycles. The minimum absolute atomic E-state index is 0. The number of benzene rings is 2. The van der Waals surface area contributed by atoms with Crippen molar-refractivity contribution in [3.63, 3.8) is 0 Å². The minimum Gasteiger partial charge on any atom is -1.00 e.